The normalized spacial score (nSPS) is 34.5. The molecule has 3 heteroatoms. The molecule has 0 aromatic carbocycles. The van der Waals surface area contributed by atoms with Gasteiger partial charge in [0.25, 0.3) is 0 Å². The summed E-state index contributed by atoms with van der Waals surface area (Å²) in [6, 6.07) is 0. The van der Waals surface area contributed by atoms with Crippen molar-refractivity contribution in [3.05, 3.63) is 0 Å². The van der Waals surface area contributed by atoms with Crippen LogP contribution in [0.3, 0.4) is 0 Å². The monoisotopic (exact) mass is 184 g/mol. The number of likely N-dealkylation sites (N-methyl/N-ethyl adjacent to an activating group) is 1. The number of hydrogen-bond donors (Lipinski definition) is 2. The van der Waals surface area contributed by atoms with Crippen molar-refractivity contribution in [2.24, 2.45) is 11.7 Å². The average Bonchev–Trinajstić information content (AvgIpc) is 2.09. The van der Waals surface area contributed by atoms with Crippen molar-refractivity contribution in [2.45, 2.75) is 45.1 Å². The maximum Gasteiger partial charge on any atom is 0.237 e. The highest BCUT2D eigenvalue weighted by Crippen LogP contribution is 2.31. The molecule has 3 nitrogen and oxygen atoms in total. The molecule has 1 aliphatic rings. The van der Waals surface area contributed by atoms with E-state index in [1.54, 1.807) is 0 Å². The minimum atomic E-state index is -0.402. The van der Waals surface area contributed by atoms with Crippen molar-refractivity contribution in [3.8, 4) is 0 Å². The molecule has 0 aliphatic heterocycles. The fourth-order valence-electron chi connectivity index (χ4n) is 2.10. The van der Waals surface area contributed by atoms with Gasteiger partial charge < -0.3 is 11.1 Å². The van der Waals surface area contributed by atoms with E-state index in [0.717, 1.165) is 38.1 Å². The SMILES string of the molecule is CCNC1(C(N)=O)CCC(C)CC1. The number of carbonyl (C=O) groups is 1. The van der Waals surface area contributed by atoms with E-state index in [0.29, 0.717) is 0 Å². The van der Waals surface area contributed by atoms with Crippen LogP contribution in [0, 0.1) is 5.92 Å². The molecule has 76 valence electrons. The summed E-state index contributed by atoms with van der Waals surface area (Å²) in [6.45, 7) is 5.07. The van der Waals surface area contributed by atoms with Gasteiger partial charge in [0.1, 0.15) is 0 Å². The first kappa shape index (κ1) is 10.5. The molecule has 0 aromatic heterocycles. The number of rotatable bonds is 3. The summed E-state index contributed by atoms with van der Waals surface area (Å²) < 4.78 is 0. The van der Waals surface area contributed by atoms with E-state index in [1.165, 1.54) is 0 Å². The summed E-state index contributed by atoms with van der Waals surface area (Å²) >= 11 is 0. The minimum absolute atomic E-state index is 0.179. The minimum Gasteiger partial charge on any atom is -0.368 e. The highest BCUT2D eigenvalue weighted by Gasteiger charge is 2.38. The molecule has 1 rings (SSSR count). The van der Waals surface area contributed by atoms with E-state index in [-0.39, 0.29) is 5.91 Å². The van der Waals surface area contributed by atoms with Crippen molar-refractivity contribution < 1.29 is 4.79 Å². The van der Waals surface area contributed by atoms with Crippen molar-refractivity contribution in [1.82, 2.24) is 5.32 Å². The smallest absolute Gasteiger partial charge is 0.237 e. The van der Waals surface area contributed by atoms with Gasteiger partial charge in [-0.1, -0.05) is 13.8 Å². The molecule has 13 heavy (non-hydrogen) atoms. The van der Waals surface area contributed by atoms with Crippen molar-refractivity contribution in [2.75, 3.05) is 6.54 Å². The maximum absolute atomic E-state index is 11.3. The molecule has 1 fully saturated rings. The first-order chi connectivity index (χ1) is 6.10. The Morgan fingerprint density at radius 2 is 2.08 bits per heavy atom. The van der Waals surface area contributed by atoms with Gasteiger partial charge in [-0.3, -0.25) is 4.79 Å². The second-order valence-corrected chi connectivity index (χ2v) is 4.16. The predicted molar refractivity (Wildman–Crippen MR) is 53.2 cm³/mol. The molecular weight excluding hydrogens is 164 g/mol. The third kappa shape index (κ3) is 2.21. The number of primary amides is 1. The number of carbonyl (C=O) groups excluding carboxylic acids is 1. The van der Waals surface area contributed by atoms with Gasteiger partial charge in [-0.2, -0.15) is 0 Å². The number of nitrogens with two attached hydrogens (primary N) is 1. The zero-order valence-electron chi connectivity index (χ0n) is 8.60. The molecule has 1 saturated carbocycles. The Kier molecular flexibility index (Phi) is 3.31. The lowest BCUT2D eigenvalue weighted by atomic mass is 9.76. The van der Waals surface area contributed by atoms with Crippen LogP contribution in [-0.2, 0) is 4.79 Å². The molecule has 0 unspecified atom stereocenters. The van der Waals surface area contributed by atoms with Crippen molar-refractivity contribution >= 4 is 5.91 Å². The number of hydrogen-bond acceptors (Lipinski definition) is 2. The van der Waals surface area contributed by atoms with Crippen LogP contribution < -0.4 is 11.1 Å². The zero-order valence-corrected chi connectivity index (χ0v) is 8.60. The van der Waals surface area contributed by atoms with Crippen LogP contribution in [0.25, 0.3) is 0 Å². The molecule has 0 heterocycles. The quantitative estimate of drug-likeness (QED) is 0.688. The average molecular weight is 184 g/mol. The van der Waals surface area contributed by atoms with Crippen LogP contribution in [0.1, 0.15) is 39.5 Å². The first-order valence-corrected chi connectivity index (χ1v) is 5.15. The van der Waals surface area contributed by atoms with Crippen LogP contribution in [0.15, 0.2) is 0 Å². The van der Waals surface area contributed by atoms with Gasteiger partial charge in [0.15, 0.2) is 0 Å². The van der Waals surface area contributed by atoms with Gasteiger partial charge in [0.05, 0.1) is 5.54 Å². The lowest BCUT2D eigenvalue weighted by Gasteiger charge is -2.37. The van der Waals surface area contributed by atoms with E-state index in [4.69, 9.17) is 5.73 Å². The lowest BCUT2D eigenvalue weighted by Crippen LogP contribution is -2.57. The second-order valence-electron chi connectivity index (χ2n) is 4.16. The van der Waals surface area contributed by atoms with E-state index < -0.39 is 5.54 Å². The second kappa shape index (κ2) is 4.09. The first-order valence-electron chi connectivity index (χ1n) is 5.15. The van der Waals surface area contributed by atoms with Crippen LogP contribution in [-0.4, -0.2) is 18.0 Å². The molecule has 0 atom stereocenters. The summed E-state index contributed by atoms with van der Waals surface area (Å²) in [4.78, 5) is 11.3. The largest absolute Gasteiger partial charge is 0.368 e. The van der Waals surface area contributed by atoms with E-state index in [1.807, 2.05) is 6.92 Å². The Labute approximate surface area is 80.1 Å². The highest BCUT2D eigenvalue weighted by molar-refractivity contribution is 5.84. The topological polar surface area (TPSA) is 55.1 Å². The van der Waals surface area contributed by atoms with Gasteiger partial charge in [-0.25, -0.2) is 0 Å². The fourth-order valence-corrected chi connectivity index (χ4v) is 2.10. The van der Waals surface area contributed by atoms with Gasteiger partial charge in [-0.15, -0.1) is 0 Å². The summed E-state index contributed by atoms with van der Waals surface area (Å²) in [7, 11) is 0. The van der Waals surface area contributed by atoms with Crippen molar-refractivity contribution in [3.63, 3.8) is 0 Å². The predicted octanol–water partition coefficient (Wildman–Crippen LogP) is 1.03. The summed E-state index contributed by atoms with van der Waals surface area (Å²) in [5, 5.41) is 3.24. The highest BCUT2D eigenvalue weighted by atomic mass is 16.1. The zero-order chi connectivity index (χ0) is 9.90. The van der Waals surface area contributed by atoms with Crippen LogP contribution >= 0.6 is 0 Å². The van der Waals surface area contributed by atoms with Crippen LogP contribution in [0.5, 0.6) is 0 Å². The molecule has 3 N–H and O–H groups in total. The van der Waals surface area contributed by atoms with E-state index >= 15 is 0 Å². The van der Waals surface area contributed by atoms with Crippen LogP contribution in [0.4, 0.5) is 0 Å². The molecule has 0 bridgehead atoms. The van der Waals surface area contributed by atoms with Crippen LogP contribution in [0.2, 0.25) is 0 Å². The molecule has 0 radical (unpaired) electrons. The molecule has 0 spiro atoms. The Morgan fingerprint density at radius 1 is 1.54 bits per heavy atom. The van der Waals surface area contributed by atoms with Gasteiger partial charge in [-0.05, 0) is 38.1 Å². The summed E-state index contributed by atoms with van der Waals surface area (Å²) in [5.41, 5.74) is 5.03. The van der Waals surface area contributed by atoms with E-state index in [2.05, 4.69) is 12.2 Å². The lowest BCUT2D eigenvalue weighted by molar-refractivity contribution is -0.126. The van der Waals surface area contributed by atoms with E-state index in [9.17, 15) is 4.79 Å². The summed E-state index contributed by atoms with van der Waals surface area (Å²) in [6.07, 6.45) is 4.01. The van der Waals surface area contributed by atoms with Gasteiger partial charge >= 0.3 is 0 Å². The Balaban J connectivity index is 2.63. The summed E-state index contributed by atoms with van der Waals surface area (Å²) in [5.74, 6) is 0.562. The van der Waals surface area contributed by atoms with Gasteiger partial charge in [0.2, 0.25) is 5.91 Å². The Morgan fingerprint density at radius 3 is 2.46 bits per heavy atom. The Hall–Kier alpha value is -0.570. The standard InChI is InChI=1S/C10H20N2O/c1-3-12-10(9(11)13)6-4-8(2)5-7-10/h8,12H,3-7H2,1-2H3,(H2,11,13). The molecule has 1 aliphatic carbocycles. The van der Waals surface area contributed by atoms with Crippen molar-refractivity contribution in [1.29, 1.82) is 0 Å². The maximum atomic E-state index is 11.3. The Bertz CT molecular complexity index is 183. The molecule has 0 saturated heterocycles. The third-order valence-electron chi connectivity index (χ3n) is 3.11. The number of nitrogens with one attached hydrogen (secondary N) is 1. The number of amides is 1. The van der Waals surface area contributed by atoms with Gasteiger partial charge in [0, 0.05) is 0 Å². The molecule has 1 amide bonds. The fraction of sp³-hybridized carbons (Fsp3) is 0.900. The third-order valence-corrected chi connectivity index (χ3v) is 3.11. The molecule has 0 aromatic rings. The molecular formula is C10H20N2O.